The molecule has 0 aliphatic rings. The topological polar surface area (TPSA) is 56.5 Å². The Morgan fingerprint density at radius 1 is 1.16 bits per heavy atom. The predicted octanol–water partition coefficient (Wildman–Crippen LogP) is 2.79. The highest BCUT2D eigenvalue weighted by atomic mass is 35.5. The molecule has 0 aromatic carbocycles. The molecule has 0 bridgehead atoms. The van der Waals surface area contributed by atoms with E-state index in [2.05, 4.69) is 33.9 Å². The molecule has 0 spiro atoms. The quantitative estimate of drug-likeness (QED) is 0.790. The van der Waals surface area contributed by atoms with Crippen LogP contribution in [0.2, 0.25) is 5.15 Å². The fourth-order valence-electron chi connectivity index (χ4n) is 1.97. The summed E-state index contributed by atoms with van der Waals surface area (Å²) in [4.78, 5) is 12.9. The number of rotatable bonds is 5. The Morgan fingerprint density at radius 3 is 2.58 bits per heavy atom. The van der Waals surface area contributed by atoms with E-state index < -0.39 is 0 Å². The van der Waals surface area contributed by atoms with Crippen LogP contribution in [0.5, 0.6) is 0 Å². The molecule has 19 heavy (non-hydrogen) atoms. The van der Waals surface area contributed by atoms with Gasteiger partial charge in [0.25, 0.3) is 0 Å². The average molecular weight is 280 g/mol. The number of halogens is 1. The summed E-state index contributed by atoms with van der Waals surface area (Å²) in [6.45, 7) is 6.20. The molecule has 0 amide bonds. The van der Waals surface area contributed by atoms with Crippen LogP contribution < -0.4 is 0 Å². The van der Waals surface area contributed by atoms with Crippen molar-refractivity contribution in [3.63, 3.8) is 0 Å². The van der Waals surface area contributed by atoms with Crippen LogP contribution in [0.1, 0.15) is 44.4 Å². The first-order chi connectivity index (χ1) is 9.21. The SMILES string of the molecule is CCCc1c(Cl)ncnc1-n1nc(CC)nc1CC. The Hall–Kier alpha value is -1.49. The lowest BCUT2D eigenvalue weighted by Crippen LogP contribution is -2.09. The van der Waals surface area contributed by atoms with E-state index in [1.807, 2.05) is 6.92 Å². The Kier molecular flexibility index (Phi) is 4.47. The molecule has 6 heteroatoms. The van der Waals surface area contributed by atoms with Crippen molar-refractivity contribution in [2.24, 2.45) is 0 Å². The normalized spacial score (nSPS) is 10.9. The first-order valence-electron chi connectivity index (χ1n) is 6.65. The summed E-state index contributed by atoms with van der Waals surface area (Å²) in [6, 6.07) is 0. The lowest BCUT2D eigenvalue weighted by Gasteiger charge is -2.09. The zero-order chi connectivity index (χ0) is 13.8. The van der Waals surface area contributed by atoms with Gasteiger partial charge in [0.1, 0.15) is 17.3 Å². The smallest absolute Gasteiger partial charge is 0.163 e. The van der Waals surface area contributed by atoms with Crippen molar-refractivity contribution >= 4 is 11.6 Å². The van der Waals surface area contributed by atoms with Gasteiger partial charge in [-0.3, -0.25) is 0 Å². The van der Waals surface area contributed by atoms with Gasteiger partial charge in [-0.05, 0) is 6.42 Å². The van der Waals surface area contributed by atoms with E-state index in [0.717, 1.165) is 48.7 Å². The molecule has 0 aliphatic carbocycles. The third kappa shape index (κ3) is 2.76. The van der Waals surface area contributed by atoms with Crippen molar-refractivity contribution in [3.05, 3.63) is 28.7 Å². The molecule has 0 atom stereocenters. The molecule has 0 unspecified atom stereocenters. The van der Waals surface area contributed by atoms with Crippen molar-refractivity contribution in [3.8, 4) is 5.82 Å². The molecule has 2 aromatic rings. The molecule has 0 fully saturated rings. The van der Waals surface area contributed by atoms with Crippen LogP contribution in [0.25, 0.3) is 5.82 Å². The highest BCUT2D eigenvalue weighted by Crippen LogP contribution is 2.21. The molecule has 0 saturated carbocycles. The van der Waals surface area contributed by atoms with Crippen LogP contribution in [-0.4, -0.2) is 24.7 Å². The summed E-state index contributed by atoms with van der Waals surface area (Å²) >= 11 is 6.18. The van der Waals surface area contributed by atoms with Crippen LogP contribution >= 0.6 is 11.6 Å². The van der Waals surface area contributed by atoms with Crippen LogP contribution in [0.3, 0.4) is 0 Å². The first kappa shape index (κ1) is 13.9. The summed E-state index contributed by atoms with van der Waals surface area (Å²) in [6.07, 6.45) is 4.90. The number of hydrogen-bond acceptors (Lipinski definition) is 4. The Bertz CT molecular complexity index is 564. The third-order valence-electron chi connectivity index (χ3n) is 2.92. The van der Waals surface area contributed by atoms with E-state index in [0.29, 0.717) is 5.15 Å². The van der Waals surface area contributed by atoms with Gasteiger partial charge in [0, 0.05) is 18.4 Å². The maximum Gasteiger partial charge on any atom is 0.163 e. The fourth-order valence-corrected chi connectivity index (χ4v) is 2.19. The van der Waals surface area contributed by atoms with Crippen molar-refractivity contribution in [2.45, 2.75) is 46.5 Å². The molecular formula is C13H18ClN5. The van der Waals surface area contributed by atoms with Gasteiger partial charge in [0.2, 0.25) is 0 Å². The van der Waals surface area contributed by atoms with Crippen molar-refractivity contribution in [1.82, 2.24) is 24.7 Å². The predicted molar refractivity (Wildman–Crippen MR) is 74.7 cm³/mol. The number of aryl methyl sites for hydroxylation is 2. The van der Waals surface area contributed by atoms with E-state index in [1.54, 1.807) is 4.68 Å². The summed E-state index contributed by atoms with van der Waals surface area (Å²) < 4.78 is 1.80. The Labute approximate surface area is 118 Å². The second-order valence-electron chi connectivity index (χ2n) is 4.28. The minimum absolute atomic E-state index is 0.502. The van der Waals surface area contributed by atoms with Gasteiger partial charge >= 0.3 is 0 Å². The Balaban J connectivity index is 2.57. The number of hydrogen-bond donors (Lipinski definition) is 0. The largest absolute Gasteiger partial charge is 0.224 e. The molecule has 0 N–H and O–H groups in total. The van der Waals surface area contributed by atoms with E-state index in [4.69, 9.17) is 11.6 Å². The summed E-state index contributed by atoms with van der Waals surface area (Å²) in [5, 5.41) is 5.01. The molecular weight excluding hydrogens is 262 g/mol. The van der Waals surface area contributed by atoms with Gasteiger partial charge < -0.3 is 0 Å². The van der Waals surface area contributed by atoms with E-state index >= 15 is 0 Å². The van der Waals surface area contributed by atoms with Gasteiger partial charge in [0.05, 0.1) is 0 Å². The molecule has 0 saturated heterocycles. The third-order valence-corrected chi connectivity index (χ3v) is 3.25. The van der Waals surface area contributed by atoms with E-state index in [-0.39, 0.29) is 0 Å². The van der Waals surface area contributed by atoms with Crippen LogP contribution in [0.4, 0.5) is 0 Å². The summed E-state index contributed by atoms with van der Waals surface area (Å²) in [5.41, 5.74) is 0.939. The zero-order valence-corrected chi connectivity index (χ0v) is 12.3. The lowest BCUT2D eigenvalue weighted by molar-refractivity contribution is 0.745. The van der Waals surface area contributed by atoms with Crippen LogP contribution in [0.15, 0.2) is 6.33 Å². The number of aromatic nitrogens is 5. The van der Waals surface area contributed by atoms with Crippen molar-refractivity contribution in [1.29, 1.82) is 0 Å². The second-order valence-corrected chi connectivity index (χ2v) is 4.64. The van der Waals surface area contributed by atoms with Crippen molar-refractivity contribution < 1.29 is 0 Å². The summed E-state index contributed by atoms with van der Waals surface area (Å²) in [5.74, 6) is 2.49. The minimum Gasteiger partial charge on any atom is -0.224 e. The molecule has 5 nitrogen and oxygen atoms in total. The van der Waals surface area contributed by atoms with Crippen LogP contribution in [-0.2, 0) is 19.3 Å². The van der Waals surface area contributed by atoms with Gasteiger partial charge in [-0.1, -0.05) is 38.8 Å². The lowest BCUT2D eigenvalue weighted by atomic mass is 10.2. The molecule has 102 valence electrons. The standard InChI is InChI=1S/C13H18ClN5/c1-4-7-9-12(14)15-8-16-13(9)19-11(6-3)17-10(5-2)18-19/h8H,4-7H2,1-3H3. The minimum atomic E-state index is 0.502. The van der Waals surface area contributed by atoms with Gasteiger partial charge in [0.15, 0.2) is 11.6 Å². The fraction of sp³-hybridized carbons (Fsp3) is 0.538. The molecule has 2 aromatic heterocycles. The van der Waals surface area contributed by atoms with Gasteiger partial charge in [-0.15, -0.1) is 5.10 Å². The van der Waals surface area contributed by atoms with E-state index in [1.165, 1.54) is 6.33 Å². The zero-order valence-electron chi connectivity index (χ0n) is 11.5. The maximum absolute atomic E-state index is 6.18. The monoisotopic (exact) mass is 279 g/mol. The molecule has 2 heterocycles. The van der Waals surface area contributed by atoms with Gasteiger partial charge in [-0.2, -0.15) is 4.68 Å². The number of nitrogens with zero attached hydrogens (tertiary/aromatic N) is 5. The average Bonchev–Trinajstić information content (AvgIpc) is 2.84. The highest BCUT2D eigenvalue weighted by Gasteiger charge is 2.16. The van der Waals surface area contributed by atoms with Crippen molar-refractivity contribution in [2.75, 3.05) is 0 Å². The molecule has 0 radical (unpaired) electrons. The van der Waals surface area contributed by atoms with E-state index in [9.17, 15) is 0 Å². The highest BCUT2D eigenvalue weighted by molar-refractivity contribution is 6.30. The second kappa shape index (κ2) is 6.10. The Morgan fingerprint density at radius 2 is 1.95 bits per heavy atom. The maximum atomic E-state index is 6.18. The summed E-state index contributed by atoms with van der Waals surface area (Å²) in [7, 11) is 0. The first-order valence-corrected chi connectivity index (χ1v) is 7.03. The molecule has 2 rings (SSSR count). The molecule has 0 aliphatic heterocycles. The van der Waals surface area contributed by atoms with Crippen LogP contribution in [0, 0.1) is 0 Å². The van der Waals surface area contributed by atoms with Gasteiger partial charge in [-0.25, -0.2) is 15.0 Å².